The number of sulfonamides is 1. The molecule has 8 nitrogen and oxygen atoms in total. The molecule has 2 aromatic carbocycles. The van der Waals surface area contributed by atoms with Gasteiger partial charge in [0.2, 0.25) is 0 Å². The first-order valence-corrected chi connectivity index (χ1v) is 9.58. The van der Waals surface area contributed by atoms with Crippen LogP contribution in [0, 0.1) is 0 Å². The van der Waals surface area contributed by atoms with E-state index in [-0.39, 0.29) is 21.7 Å². The number of carboxylic acids is 1. The van der Waals surface area contributed by atoms with Crippen molar-refractivity contribution in [3.05, 3.63) is 72.8 Å². The van der Waals surface area contributed by atoms with Crippen LogP contribution in [0.3, 0.4) is 0 Å². The fourth-order valence-electron chi connectivity index (χ4n) is 2.79. The summed E-state index contributed by atoms with van der Waals surface area (Å²) in [6.45, 7) is 0. The number of rotatable bonds is 5. The van der Waals surface area contributed by atoms with Crippen molar-refractivity contribution in [2.45, 2.75) is 4.90 Å². The molecule has 2 N–H and O–H groups in total. The molecule has 4 aromatic rings. The van der Waals surface area contributed by atoms with Gasteiger partial charge in [-0.1, -0.05) is 12.1 Å². The standard InChI is InChI=1S/C19H13N3O5S/c23-19(24)13-7-6-12(16-4-2-10-27-16)11-15(13)22-28(25,26)17-5-1-3-14-18(17)21-9-8-20-14/h1-11,22H,(H,23,24). The first kappa shape index (κ1) is 17.7. The summed E-state index contributed by atoms with van der Waals surface area (Å²) in [5, 5.41) is 9.45. The Labute approximate surface area is 159 Å². The lowest BCUT2D eigenvalue weighted by molar-refractivity contribution is 0.0698. The lowest BCUT2D eigenvalue weighted by atomic mass is 10.1. The van der Waals surface area contributed by atoms with Gasteiger partial charge in [-0.25, -0.2) is 13.2 Å². The van der Waals surface area contributed by atoms with E-state index in [4.69, 9.17) is 4.42 Å². The van der Waals surface area contributed by atoms with Crippen LogP contribution >= 0.6 is 0 Å². The summed E-state index contributed by atoms with van der Waals surface area (Å²) in [7, 11) is -4.13. The van der Waals surface area contributed by atoms with Crippen molar-refractivity contribution in [1.82, 2.24) is 9.97 Å². The van der Waals surface area contributed by atoms with Crippen LogP contribution in [0.1, 0.15) is 10.4 Å². The molecular weight excluding hydrogens is 382 g/mol. The molecule has 0 aliphatic rings. The van der Waals surface area contributed by atoms with Crippen LogP contribution in [-0.4, -0.2) is 29.5 Å². The second-order valence-electron chi connectivity index (χ2n) is 5.83. The summed E-state index contributed by atoms with van der Waals surface area (Å²) in [6, 6.07) is 12.2. The Kier molecular flexibility index (Phi) is 4.28. The zero-order chi connectivity index (χ0) is 19.7. The van der Waals surface area contributed by atoms with Crippen molar-refractivity contribution < 1.29 is 22.7 Å². The quantitative estimate of drug-likeness (QED) is 0.531. The molecule has 0 atom stereocenters. The minimum atomic E-state index is -4.13. The van der Waals surface area contributed by atoms with Gasteiger partial charge in [0.05, 0.1) is 23.0 Å². The Bertz CT molecular complexity index is 1280. The van der Waals surface area contributed by atoms with Crippen LogP contribution in [-0.2, 0) is 10.0 Å². The third kappa shape index (κ3) is 3.19. The third-order valence-corrected chi connectivity index (χ3v) is 5.45. The molecule has 0 radical (unpaired) electrons. The summed E-state index contributed by atoms with van der Waals surface area (Å²) in [4.78, 5) is 19.7. The van der Waals surface area contributed by atoms with Gasteiger partial charge in [-0.3, -0.25) is 14.7 Å². The molecule has 0 saturated heterocycles. The van der Waals surface area contributed by atoms with Gasteiger partial charge in [0.15, 0.2) is 0 Å². The van der Waals surface area contributed by atoms with E-state index in [1.165, 1.54) is 36.9 Å². The van der Waals surface area contributed by atoms with E-state index < -0.39 is 16.0 Å². The molecule has 0 unspecified atom stereocenters. The maximum absolute atomic E-state index is 13.0. The molecule has 0 aliphatic heterocycles. The topological polar surface area (TPSA) is 122 Å². The van der Waals surface area contributed by atoms with Gasteiger partial charge < -0.3 is 9.52 Å². The molecule has 0 amide bonds. The van der Waals surface area contributed by atoms with Crippen molar-refractivity contribution in [3.63, 3.8) is 0 Å². The molecule has 2 aromatic heterocycles. The first-order valence-electron chi connectivity index (χ1n) is 8.09. The van der Waals surface area contributed by atoms with Gasteiger partial charge in [0, 0.05) is 18.0 Å². The van der Waals surface area contributed by atoms with E-state index in [9.17, 15) is 18.3 Å². The van der Waals surface area contributed by atoms with Crippen LogP contribution in [0.15, 0.2) is 76.5 Å². The predicted molar refractivity (Wildman–Crippen MR) is 101 cm³/mol. The highest BCUT2D eigenvalue weighted by atomic mass is 32.2. The highest BCUT2D eigenvalue weighted by Crippen LogP contribution is 2.29. The zero-order valence-electron chi connectivity index (χ0n) is 14.2. The predicted octanol–water partition coefficient (Wildman–Crippen LogP) is 3.39. The lowest BCUT2D eigenvalue weighted by Crippen LogP contribution is -2.16. The Morgan fingerprint density at radius 3 is 2.61 bits per heavy atom. The van der Waals surface area contributed by atoms with Crippen LogP contribution in [0.5, 0.6) is 0 Å². The van der Waals surface area contributed by atoms with Crippen molar-refractivity contribution in [2.75, 3.05) is 4.72 Å². The molecule has 2 heterocycles. The average Bonchev–Trinajstić information content (AvgIpc) is 3.22. The number of nitrogens with zero attached hydrogens (tertiary/aromatic N) is 2. The van der Waals surface area contributed by atoms with Crippen LogP contribution in [0.4, 0.5) is 5.69 Å². The second-order valence-corrected chi connectivity index (χ2v) is 7.48. The maximum atomic E-state index is 13.0. The number of benzene rings is 2. The van der Waals surface area contributed by atoms with E-state index in [1.807, 2.05) is 0 Å². The monoisotopic (exact) mass is 395 g/mol. The Hall–Kier alpha value is -3.72. The molecule has 0 spiro atoms. The van der Waals surface area contributed by atoms with Crippen LogP contribution < -0.4 is 4.72 Å². The molecule has 0 fully saturated rings. The van der Waals surface area contributed by atoms with Crippen molar-refractivity contribution in [3.8, 4) is 11.3 Å². The SMILES string of the molecule is O=C(O)c1ccc(-c2ccco2)cc1NS(=O)(=O)c1cccc2nccnc12. The van der Waals surface area contributed by atoms with Crippen LogP contribution in [0.25, 0.3) is 22.4 Å². The third-order valence-electron chi connectivity index (χ3n) is 4.05. The molecule has 4 rings (SSSR count). The number of nitrogens with one attached hydrogen (secondary N) is 1. The number of carboxylic acid groups (broad SMARTS) is 1. The van der Waals surface area contributed by atoms with Crippen molar-refractivity contribution in [1.29, 1.82) is 0 Å². The van der Waals surface area contributed by atoms with E-state index in [2.05, 4.69) is 14.7 Å². The van der Waals surface area contributed by atoms with E-state index in [0.29, 0.717) is 16.8 Å². The summed E-state index contributed by atoms with van der Waals surface area (Å²) in [5.74, 6) is -0.783. The first-order chi connectivity index (χ1) is 13.5. The molecule has 9 heteroatoms. The maximum Gasteiger partial charge on any atom is 0.337 e. The average molecular weight is 395 g/mol. The minimum Gasteiger partial charge on any atom is -0.478 e. The van der Waals surface area contributed by atoms with Crippen molar-refractivity contribution in [2.24, 2.45) is 0 Å². The lowest BCUT2D eigenvalue weighted by Gasteiger charge is -2.13. The van der Waals surface area contributed by atoms with E-state index in [0.717, 1.165) is 0 Å². The van der Waals surface area contributed by atoms with Gasteiger partial charge >= 0.3 is 5.97 Å². The van der Waals surface area contributed by atoms with E-state index >= 15 is 0 Å². The summed E-state index contributed by atoms with van der Waals surface area (Å²) < 4.78 is 33.7. The Morgan fingerprint density at radius 1 is 1.04 bits per heavy atom. The number of hydrogen-bond acceptors (Lipinski definition) is 6. The number of anilines is 1. The highest BCUT2D eigenvalue weighted by Gasteiger charge is 2.22. The van der Waals surface area contributed by atoms with Gasteiger partial charge in [-0.05, 0) is 36.4 Å². The molecular formula is C19H13N3O5S. The number of furan rings is 1. The van der Waals surface area contributed by atoms with Gasteiger partial charge in [0.25, 0.3) is 10.0 Å². The number of hydrogen-bond donors (Lipinski definition) is 2. The summed E-state index contributed by atoms with van der Waals surface area (Å²) in [6.07, 6.45) is 4.32. The van der Waals surface area contributed by atoms with Gasteiger partial charge in [-0.15, -0.1) is 0 Å². The molecule has 140 valence electrons. The molecule has 0 aliphatic carbocycles. The van der Waals surface area contributed by atoms with Crippen LogP contribution in [0.2, 0.25) is 0 Å². The number of carbonyl (C=O) groups is 1. The van der Waals surface area contributed by atoms with Crippen molar-refractivity contribution >= 4 is 32.7 Å². The largest absolute Gasteiger partial charge is 0.478 e. The highest BCUT2D eigenvalue weighted by molar-refractivity contribution is 7.93. The Morgan fingerprint density at radius 2 is 1.86 bits per heavy atom. The number of para-hydroxylation sites is 1. The smallest absolute Gasteiger partial charge is 0.337 e. The minimum absolute atomic E-state index is 0.0812. The van der Waals surface area contributed by atoms with Gasteiger partial charge in [-0.2, -0.15) is 0 Å². The Balaban J connectivity index is 1.83. The second kappa shape index (κ2) is 6.78. The molecule has 0 bridgehead atoms. The normalized spacial score (nSPS) is 11.4. The fourth-order valence-corrected chi connectivity index (χ4v) is 4.03. The fraction of sp³-hybridized carbons (Fsp3) is 0. The summed E-state index contributed by atoms with van der Waals surface area (Å²) >= 11 is 0. The number of aromatic nitrogens is 2. The molecule has 28 heavy (non-hydrogen) atoms. The van der Waals surface area contributed by atoms with E-state index in [1.54, 1.807) is 30.3 Å². The number of aromatic carboxylic acids is 1. The van der Waals surface area contributed by atoms with Gasteiger partial charge in [0.1, 0.15) is 16.2 Å². The summed E-state index contributed by atoms with van der Waals surface area (Å²) in [5.41, 5.74) is 0.864. The molecule has 0 saturated carbocycles. The number of fused-ring (bicyclic) bond motifs is 1. The zero-order valence-corrected chi connectivity index (χ0v) is 15.1.